The molecule has 0 atom stereocenters. The first-order valence-electron chi connectivity index (χ1n) is 8.22. The van der Waals surface area contributed by atoms with Gasteiger partial charge in [0.15, 0.2) is 0 Å². The summed E-state index contributed by atoms with van der Waals surface area (Å²) in [4.78, 5) is 2.34. The number of anilines is 2. The maximum atomic E-state index is 13.1. The highest BCUT2D eigenvalue weighted by molar-refractivity contribution is 7.94. The van der Waals surface area contributed by atoms with E-state index in [1.807, 2.05) is 6.07 Å². The average Bonchev–Trinajstić information content (AvgIpc) is 3.25. The van der Waals surface area contributed by atoms with E-state index in [9.17, 15) is 8.42 Å². The molecule has 1 aromatic carbocycles. The van der Waals surface area contributed by atoms with Crippen LogP contribution in [0.15, 0.2) is 34.5 Å². The SMILES string of the molecule is O=S(=O)(c1ccc(Cl)s1)N1CCCc2ccc(N3CCCC3)cc21. The number of rotatable bonds is 3. The highest BCUT2D eigenvalue weighted by Crippen LogP contribution is 2.37. The fraction of sp³-hybridized carbons (Fsp3) is 0.412. The average molecular weight is 383 g/mol. The first-order chi connectivity index (χ1) is 11.6. The second-order valence-corrected chi connectivity index (χ2v) is 10.1. The summed E-state index contributed by atoms with van der Waals surface area (Å²) in [5.74, 6) is 0. The Balaban J connectivity index is 1.75. The van der Waals surface area contributed by atoms with E-state index in [4.69, 9.17) is 11.6 Å². The summed E-state index contributed by atoms with van der Waals surface area (Å²) in [6.07, 6.45) is 4.17. The van der Waals surface area contributed by atoms with Crippen LogP contribution in [0.25, 0.3) is 0 Å². The molecular formula is C17H19ClN2O2S2. The van der Waals surface area contributed by atoms with Crippen molar-refractivity contribution in [1.29, 1.82) is 0 Å². The quantitative estimate of drug-likeness (QED) is 0.800. The molecule has 0 amide bonds. The lowest BCUT2D eigenvalue weighted by Gasteiger charge is -2.31. The van der Waals surface area contributed by atoms with Gasteiger partial charge in [-0.1, -0.05) is 17.7 Å². The summed E-state index contributed by atoms with van der Waals surface area (Å²) in [6, 6.07) is 9.51. The Kier molecular flexibility index (Phi) is 4.22. The maximum absolute atomic E-state index is 13.1. The van der Waals surface area contributed by atoms with Gasteiger partial charge in [0.2, 0.25) is 0 Å². The molecule has 0 N–H and O–H groups in total. The molecule has 4 rings (SSSR count). The van der Waals surface area contributed by atoms with E-state index in [0.717, 1.165) is 54.2 Å². The number of aryl methyl sites for hydroxylation is 1. The minimum atomic E-state index is -3.55. The molecule has 0 aliphatic carbocycles. The fourth-order valence-electron chi connectivity index (χ4n) is 3.50. The van der Waals surface area contributed by atoms with Gasteiger partial charge in [-0.2, -0.15) is 0 Å². The van der Waals surface area contributed by atoms with Crippen LogP contribution in [0.5, 0.6) is 0 Å². The lowest BCUT2D eigenvalue weighted by Crippen LogP contribution is -2.35. The molecule has 0 bridgehead atoms. The Morgan fingerprint density at radius 1 is 1.00 bits per heavy atom. The van der Waals surface area contributed by atoms with Crippen LogP contribution in [0.4, 0.5) is 11.4 Å². The van der Waals surface area contributed by atoms with Gasteiger partial charge in [0.25, 0.3) is 10.0 Å². The lowest BCUT2D eigenvalue weighted by atomic mass is 10.0. The summed E-state index contributed by atoms with van der Waals surface area (Å²) in [7, 11) is -3.55. The number of hydrogen-bond donors (Lipinski definition) is 0. The topological polar surface area (TPSA) is 40.6 Å². The third-order valence-corrected chi connectivity index (χ3v) is 8.22. The van der Waals surface area contributed by atoms with E-state index in [1.165, 1.54) is 12.8 Å². The number of benzene rings is 1. The minimum Gasteiger partial charge on any atom is -0.371 e. The van der Waals surface area contributed by atoms with Gasteiger partial charge in [-0.05, 0) is 55.5 Å². The van der Waals surface area contributed by atoms with Gasteiger partial charge >= 0.3 is 0 Å². The lowest BCUT2D eigenvalue weighted by molar-refractivity contribution is 0.588. The number of hydrogen-bond acceptors (Lipinski definition) is 4. The van der Waals surface area contributed by atoms with Crippen LogP contribution in [0, 0.1) is 0 Å². The van der Waals surface area contributed by atoms with Gasteiger partial charge < -0.3 is 4.90 Å². The third-order valence-electron chi connectivity index (χ3n) is 4.71. The molecule has 7 heteroatoms. The number of fused-ring (bicyclic) bond motifs is 1. The van der Waals surface area contributed by atoms with Gasteiger partial charge in [-0.25, -0.2) is 8.42 Å². The van der Waals surface area contributed by atoms with Crippen LogP contribution in [-0.2, 0) is 16.4 Å². The zero-order valence-electron chi connectivity index (χ0n) is 13.2. The second-order valence-electron chi connectivity index (χ2n) is 6.25. The molecular weight excluding hydrogens is 364 g/mol. The van der Waals surface area contributed by atoms with Crippen molar-refractivity contribution in [2.45, 2.75) is 29.9 Å². The molecule has 128 valence electrons. The predicted molar refractivity (Wildman–Crippen MR) is 100 cm³/mol. The molecule has 0 radical (unpaired) electrons. The third kappa shape index (κ3) is 2.80. The van der Waals surface area contributed by atoms with Crippen molar-refractivity contribution in [3.05, 3.63) is 40.2 Å². The van der Waals surface area contributed by atoms with Crippen molar-refractivity contribution in [2.24, 2.45) is 0 Å². The Labute approximate surface area is 151 Å². The molecule has 2 aliphatic rings. The molecule has 1 saturated heterocycles. The number of sulfonamides is 1. The summed E-state index contributed by atoms with van der Waals surface area (Å²) in [6.45, 7) is 2.62. The number of thiophene rings is 1. The maximum Gasteiger partial charge on any atom is 0.273 e. The monoisotopic (exact) mass is 382 g/mol. The summed E-state index contributed by atoms with van der Waals surface area (Å²) in [5.41, 5.74) is 3.06. The first kappa shape index (κ1) is 16.2. The highest BCUT2D eigenvalue weighted by atomic mass is 35.5. The molecule has 0 unspecified atom stereocenters. The minimum absolute atomic E-state index is 0.312. The molecule has 1 aromatic heterocycles. The molecule has 2 aliphatic heterocycles. The van der Waals surface area contributed by atoms with Crippen molar-refractivity contribution in [3.63, 3.8) is 0 Å². The van der Waals surface area contributed by atoms with E-state index in [1.54, 1.807) is 16.4 Å². The fourth-order valence-corrected chi connectivity index (χ4v) is 6.63. The van der Waals surface area contributed by atoms with Crippen molar-refractivity contribution in [3.8, 4) is 0 Å². The van der Waals surface area contributed by atoms with Crippen LogP contribution in [0.2, 0.25) is 4.34 Å². The molecule has 0 saturated carbocycles. The molecule has 24 heavy (non-hydrogen) atoms. The van der Waals surface area contributed by atoms with Crippen LogP contribution >= 0.6 is 22.9 Å². The Morgan fingerprint density at radius 3 is 2.50 bits per heavy atom. The van der Waals surface area contributed by atoms with Crippen molar-refractivity contribution >= 4 is 44.3 Å². The first-order valence-corrected chi connectivity index (χ1v) is 10.8. The van der Waals surface area contributed by atoms with Crippen LogP contribution in [0.3, 0.4) is 0 Å². The van der Waals surface area contributed by atoms with E-state index in [2.05, 4.69) is 17.0 Å². The van der Waals surface area contributed by atoms with Crippen molar-refractivity contribution < 1.29 is 8.42 Å². The van der Waals surface area contributed by atoms with Crippen molar-refractivity contribution in [1.82, 2.24) is 0 Å². The van der Waals surface area contributed by atoms with Gasteiger partial charge in [-0.15, -0.1) is 11.3 Å². The van der Waals surface area contributed by atoms with E-state index in [0.29, 0.717) is 15.1 Å². The summed E-state index contributed by atoms with van der Waals surface area (Å²) in [5, 5.41) is 0. The summed E-state index contributed by atoms with van der Waals surface area (Å²) >= 11 is 7.06. The molecule has 2 aromatic rings. The zero-order chi connectivity index (χ0) is 16.7. The Hall–Kier alpha value is -1.24. The summed E-state index contributed by atoms with van der Waals surface area (Å²) < 4.78 is 28.5. The molecule has 0 spiro atoms. The predicted octanol–water partition coefficient (Wildman–Crippen LogP) is 4.14. The van der Waals surface area contributed by atoms with Crippen LogP contribution < -0.4 is 9.21 Å². The highest BCUT2D eigenvalue weighted by Gasteiger charge is 2.31. The second kappa shape index (κ2) is 6.24. The molecule has 1 fully saturated rings. The van der Waals surface area contributed by atoms with Gasteiger partial charge in [0.05, 0.1) is 10.0 Å². The Bertz CT molecular complexity index is 857. The van der Waals surface area contributed by atoms with Crippen LogP contribution in [0.1, 0.15) is 24.8 Å². The number of halogens is 1. The molecule has 3 heterocycles. The largest absolute Gasteiger partial charge is 0.371 e. The van der Waals surface area contributed by atoms with Crippen LogP contribution in [-0.4, -0.2) is 28.1 Å². The van der Waals surface area contributed by atoms with Gasteiger partial charge in [0, 0.05) is 25.3 Å². The number of nitrogens with zero attached hydrogens (tertiary/aromatic N) is 2. The standard InChI is InChI=1S/C17H19ClN2O2S2/c18-16-7-8-17(23-16)24(21,22)20-11-3-4-13-5-6-14(12-15(13)20)19-9-1-2-10-19/h5-8,12H,1-4,9-11H2. The normalized spacial score (nSPS) is 18.0. The molecule has 4 nitrogen and oxygen atoms in total. The van der Waals surface area contributed by atoms with Crippen molar-refractivity contribution in [2.75, 3.05) is 28.8 Å². The van der Waals surface area contributed by atoms with E-state index >= 15 is 0 Å². The Morgan fingerprint density at radius 2 is 1.79 bits per heavy atom. The smallest absolute Gasteiger partial charge is 0.273 e. The van der Waals surface area contributed by atoms with E-state index in [-0.39, 0.29) is 0 Å². The van der Waals surface area contributed by atoms with Gasteiger partial charge in [0.1, 0.15) is 4.21 Å². The van der Waals surface area contributed by atoms with E-state index < -0.39 is 10.0 Å². The zero-order valence-corrected chi connectivity index (χ0v) is 15.6. The van der Waals surface area contributed by atoms with Gasteiger partial charge in [-0.3, -0.25) is 4.31 Å².